The van der Waals surface area contributed by atoms with Crippen molar-refractivity contribution < 1.29 is 58.2 Å². The fourth-order valence-corrected chi connectivity index (χ4v) is 9.35. The van der Waals surface area contributed by atoms with Crippen LogP contribution < -0.4 is 0 Å². The van der Waals surface area contributed by atoms with Gasteiger partial charge in [-0.15, -0.1) is 0 Å². The van der Waals surface area contributed by atoms with E-state index in [-0.39, 0.29) is 25.9 Å². The summed E-state index contributed by atoms with van der Waals surface area (Å²) in [6.07, 6.45) is 57.1. The molecule has 0 saturated carbocycles. The van der Waals surface area contributed by atoms with Gasteiger partial charge in [0, 0.05) is 19.3 Å². The zero-order chi connectivity index (χ0) is 57.5. The van der Waals surface area contributed by atoms with Gasteiger partial charge in [0.15, 0.2) is 24.6 Å². The van der Waals surface area contributed by atoms with Crippen LogP contribution in [0.2, 0.25) is 0 Å². The van der Waals surface area contributed by atoms with Gasteiger partial charge in [0.05, 0.1) is 6.61 Å². The fraction of sp³-hybridized carbons (Fsp3) is 0.761. The molecule has 0 aromatic rings. The molecule has 12 nitrogen and oxygen atoms in total. The quantitative estimate of drug-likeness (QED) is 0.0228. The average Bonchev–Trinajstić information content (AvgIpc) is 3.47. The lowest BCUT2D eigenvalue weighted by molar-refractivity contribution is -0.301. The van der Waals surface area contributed by atoms with E-state index in [2.05, 4.69) is 93.7 Å². The van der Waals surface area contributed by atoms with Crippen LogP contribution in [0.15, 0.2) is 72.9 Å². The molecule has 0 bridgehead atoms. The van der Waals surface area contributed by atoms with Gasteiger partial charge in [-0.05, 0) is 109 Å². The third-order valence-corrected chi connectivity index (χ3v) is 14.2. The SMILES string of the molecule is CC/C=C\C/C=C\C/C=C\CCCCCCCCCC(=O)OCC(COC1OC(C(=O)O)C(O)C(O)C1OC(=O)CCCCCCCCC/C=C\CCCCCCCC)OC(=O)CCCCCCC/C=C\C/C=C\CCCCC. The normalized spacial score (nSPS) is 18.3. The number of aliphatic hydroxyl groups excluding tert-OH is 2. The Morgan fingerprint density at radius 1 is 0.430 bits per heavy atom. The van der Waals surface area contributed by atoms with Crippen molar-refractivity contribution in [2.45, 2.75) is 314 Å². The molecule has 1 aliphatic heterocycles. The summed E-state index contributed by atoms with van der Waals surface area (Å²) in [5.41, 5.74) is 0. The summed E-state index contributed by atoms with van der Waals surface area (Å²) in [6.45, 7) is 5.85. The highest BCUT2D eigenvalue weighted by atomic mass is 16.7. The van der Waals surface area contributed by atoms with Crippen molar-refractivity contribution >= 4 is 23.9 Å². The number of carboxylic acids is 1. The number of aliphatic hydroxyl groups is 2. The molecule has 454 valence electrons. The number of carboxylic acid groups (broad SMARTS) is 1. The van der Waals surface area contributed by atoms with Gasteiger partial charge < -0.3 is 39.0 Å². The Bertz CT molecular complexity index is 1650. The molecule has 6 atom stereocenters. The third kappa shape index (κ3) is 44.5. The highest BCUT2D eigenvalue weighted by molar-refractivity contribution is 5.74. The number of carbonyl (C=O) groups is 4. The lowest BCUT2D eigenvalue weighted by atomic mass is 9.98. The number of unbranched alkanes of at least 4 members (excludes halogenated alkanes) is 28. The minimum atomic E-state index is -1.91. The maximum atomic E-state index is 13.2. The van der Waals surface area contributed by atoms with Gasteiger partial charge in [0.1, 0.15) is 18.8 Å². The molecule has 3 N–H and O–H groups in total. The average molecular weight is 1110 g/mol. The molecule has 1 fully saturated rings. The van der Waals surface area contributed by atoms with Crippen LogP contribution in [0.1, 0.15) is 278 Å². The number of ether oxygens (including phenoxy) is 5. The Kier molecular flexibility index (Phi) is 50.7. The maximum Gasteiger partial charge on any atom is 0.335 e. The molecule has 1 aliphatic rings. The first-order valence-electron chi connectivity index (χ1n) is 31.9. The number of hydrogen-bond donors (Lipinski definition) is 3. The van der Waals surface area contributed by atoms with E-state index in [1.54, 1.807) is 0 Å². The first-order valence-corrected chi connectivity index (χ1v) is 31.9. The van der Waals surface area contributed by atoms with Crippen molar-refractivity contribution in [2.75, 3.05) is 13.2 Å². The van der Waals surface area contributed by atoms with Crippen molar-refractivity contribution in [3.8, 4) is 0 Å². The monoisotopic (exact) mass is 1110 g/mol. The molecule has 12 heteroatoms. The summed E-state index contributed by atoms with van der Waals surface area (Å²) in [5.74, 6) is -3.15. The van der Waals surface area contributed by atoms with Gasteiger partial charge in [-0.2, -0.15) is 0 Å². The molecule has 6 unspecified atom stereocenters. The van der Waals surface area contributed by atoms with Gasteiger partial charge >= 0.3 is 23.9 Å². The summed E-state index contributed by atoms with van der Waals surface area (Å²) in [5, 5.41) is 31.6. The predicted octanol–water partition coefficient (Wildman–Crippen LogP) is 16.9. The Morgan fingerprint density at radius 3 is 1.25 bits per heavy atom. The van der Waals surface area contributed by atoms with Gasteiger partial charge in [0.25, 0.3) is 0 Å². The van der Waals surface area contributed by atoms with E-state index >= 15 is 0 Å². The molecule has 0 spiro atoms. The zero-order valence-corrected chi connectivity index (χ0v) is 50.1. The van der Waals surface area contributed by atoms with Crippen molar-refractivity contribution in [1.82, 2.24) is 0 Å². The smallest absolute Gasteiger partial charge is 0.335 e. The van der Waals surface area contributed by atoms with Crippen LogP contribution in [0, 0.1) is 0 Å². The second-order valence-corrected chi connectivity index (χ2v) is 21.7. The van der Waals surface area contributed by atoms with Gasteiger partial charge in [0.2, 0.25) is 0 Å². The number of esters is 3. The minimum Gasteiger partial charge on any atom is -0.479 e. The highest BCUT2D eigenvalue weighted by Crippen LogP contribution is 2.26. The van der Waals surface area contributed by atoms with Crippen LogP contribution in [-0.2, 0) is 42.9 Å². The van der Waals surface area contributed by atoms with Crippen molar-refractivity contribution in [3.63, 3.8) is 0 Å². The Labute approximate surface area is 480 Å². The van der Waals surface area contributed by atoms with Crippen LogP contribution in [0.3, 0.4) is 0 Å². The van der Waals surface area contributed by atoms with E-state index in [0.717, 1.165) is 135 Å². The van der Waals surface area contributed by atoms with E-state index in [1.165, 1.54) is 83.5 Å². The maximum absolute atomic E-state index is 13.2. The van der Waals surface area contributed by atoms with Crippen LogP contribution >= 0.6 is 0 Å². The minimum absolute atomic E-state index is 0.0520. The molecule has 0 aromatic heterocycles. The van der Waals surface area contributed by atoms with E-state index in [4.69, 9.17) is 23.7 Å². The standard InChI is InChI=1S/C67H114O12/c1-4-7-10-13-16-19-22-25-28-30-33-35-38-41-44-47-50-53-59(68)75-56-58(77-60(69)54-51-48-45-42-39-36-32-27-24-21-18-15-12-9-6-3)57-76-67-65(63(72)62(71)64(79-67)66(73)74)78-61(70)55-52-49-46-43-40-37-34-31-29-26-23-20-17-14-11-8-5-2/h7,10,16,18-19,21,25-29,32,58,62-65,67,71-72H,4-6,8-9,11-15,17,20,22-24,30-31,33-57H2,1-3H3,(H,73,74)/b10-7-,19-16-,21-18-,28-25-,29-26-,32-27-. The molecule has 0 amide bonds. The topological polar surface area (TPSA) is 175 Å². The number of hydrogen-bond acceptors (Lipinski definition) is 11. The largest absolute Gasteiger partial charge is 0.479 e. The van der Waals surface area contributed by atoms with Crippen LogP contribution in [0.25, 0.3) is 0 Å². The highest BCUT2D eigenvalue weighted by Gasteiger charge is 2.50. The van der Waals surface area contributed by atoms with Crippen molar-refractivity contribution in [3.05, 3.63) is 72.9 Å². The first kappa shape index (κ1) is 73.2. The first-order chi connectivity index (χ1) is 38.6. The number of rotatable bonds is 54. The molecular formula is C67H114O12. The zero-order valence-electron chi connectivity index (χ0n) is 50.1. The fourth-order valence-electron chi connectivity index (χ4n) is 9.35. The predicted molar refractivity (Wildman–Crippen MR) is 322 cm³/mol. The van der Waals surface area contributed by atoms with E-state index < -0.39 is 67.3 Å². The molecule has 79 heavy (non-hydrogen) atoms. The summed E-state index contributed by atoms with van der Waals surface area (Å²) >= 11 is 0. The van der Waals surface area contributed by atoms with Crippen molar-refractivity contribution in [1.29, 1.82) is 0 Å². The number of allylic oxidation sites excluding steroid dienone is 12. The Morgan fingerprint density at radius 2 is 0.797 bits per heavy atom. The summed E-state index contributed by atoms with van der Waals surface area (Å²) < 4.78 is 28.5. The van der Waals surface area contributed by atoms with Crippen LogP contribution in [-0.4, -0.2) is 89.2 Å². The van der Waals surface area contributed by atoms with Gasteiger partial charge in [-0.25, -0.2) is 4.79 Å². The number of carbonyl (C=O) groups excluding carboxylic acids is 3. The Hall–Kier alpha value is -3.84. The molecular weight excluding hydrogens is 997 g/mol. The summed E-state index contributed by atoms with van der Waals surface area (Å²) in [7, 11) is 0. The van der Waals surface area contributed by atoms with E-state index in [9.17, 15) is 34.5 Å². The molecule has 0 aromatic carbocycles. The molecule has 1 saturated heterocycles. The summed E-state index contributed by atoms with van der Waals surface area (Å²) in [4.78, 5) is 51.3. The van der Waals surface area contributed by atoms with Gasteiger partial charge in [-0.1, -0.05) is 222 Å². The second-order valence-electron chi connectivity index (χ2n) is 21.7. The van der Waals surface area contributed by atoms with E-state index in [1.807, 2.05) is 0 Å². The second kappa shape index (κ2) is 54.7. The molecule has 1 heterocycles. The lowest BCUT2D eigenvalue weighted by Crippen LogP contribution is -2.61. The van der Waals surface area contributed by atoms with Crippen LogP contribution in [0.5, 0.6) is 0 Å². The molecule has 1 rings (SSSR count). The third-order valence-electron chi connectivity index (χ3n) is 14.2. The number of aliphatic carboxylic acids is 1. The summed E-state index contributed by atoms with van der Waals surface area (Å²) in [6, 6.07) is 0. The van der Waals surface area contributed by atoms with Crippen molar-refractivity contribution in [2.24, 2.45) is 0 Å². The molecule has 0 radical (unpaired) electrons. The van der Waals surface area contributed by atoms with E-state index in [0.29, 0.717) is 19.3 Å². The van der Waals surface area contributed by atoms with Crippen LogP contribution in [0.4, 0.5) is 0 Å². The lowest BCUT2D eigenvalue weighted by Gasteiger charge is -2.40. The van der Waals surface area contributed by atoms with Gasteiger partial charge in [-0.3, -0.25) is 14.4 Å². The Balaban J connectivity index is 2.68. The molecule has 0 aliphatic carbocycles.